The fourth-order valence-corrected chi connectivity index (χ4v) is 6.83. The van der Waals surface area contributed by atoms with E-state index < -0.39 is 10.0 Å². The standard InChI is InChI=1S/C20H24N4O3S3/c1-24(30(26,27)18-6-3-11-28-18)17-5-2-4-14-12-16(23-19(14)17)20-22-13-15(29-20)7-8-21-9-10-25/h2-6,11-12,15,21,23,25H,7-10,13H2,1H3. The first-order valence-electron chi connectivity index (χ1n) is 9.68. The van der Waals surface area contributed by atoms with Gasteiger partial charge < -0.3 is 15.4 Å². The van der Waals surface area contributed by atoms with E-state index in [0.717, 1.165) is 41.2 Å². The van der Waals surface area contributed by atoms with E-state index in [-0.39, 0.29) is 6.61 Å². The molecule has 0 spiro atoms. The van der Waals surface area contributed by atoms with E-state index in [1.54, 1.807) is 36.3 Å². The van der Waals surface area contributed by atoms with E-state index in [4.69, 9.17) is 5.11 Å². The van der Waals surface area contributed by atoms with Gasteiger partial charge in [0, 0.05) is 24.2 Å². The maximum atomic E-state index is 13.0. The van der Waals surface area contributed by atoms with Crippen molar-refractivity contribution in [3.63, 3.8) is 0 Å². The largest absolute Gasteiger partial charge is 0.395 e. The van der Waals surface area contributed by atoms with Crippen molar-refractivity contribution < 1.29 is 13.5 Å². The number of aliphatic hydroxyl groups is 1. The fourth-order valence-electron chi connectivity index (χ4n) is 3.38. The van der Waals surface area contributed by atoms with Crippen LogP contribution < -0.4 is 9.62 Å². The molecule has 30 heavy (non-hydrogen) atoms. The number of aliphatic hydroxyl groups excluding tert-OH is 1. The number of nitrogens with zero attached hydrogens (tertiary/aromatic N) is 2. The topological polar surface area (TPSA) is 97.8 Å². The van der Waals surface area contributed by atoms with Crippen LogP contribution >= 0.6 is 23.1 Å². The second-order valence-electron chi connectivity index (χ2n) is 6.98. The van der Waals surface area contributed by atoms with E-state index in [1.165, 1.54) is 15.6 Å². The van der Waals surface area contributed by atoms with Gasteiger partial charge in [0.2, 0.25) is 0 Å². The van der Waals surface area contributed by atoms with Gasteiger partial charge in [-0.3, -0.25) is 9.30 Å². The summed E-state index contributed by atoms with van der Waals surface area (Å²) >= 11 is 2.95. The van der Waals surface area contributed by atoms with Crippen molar-refractivity contribution >= 4 is 54.8 Å². The van der Waals surface area contributed by atoms with Crippen LogP contribution in [0.5, 0.6) is 0 Å². The van der Waals surface area contributed by atoms with Crippen molar-refractivity contribution in [2.24, 2.45) is 4.99 Å². The van der Waals surface area contributed by atoms with Gasteiger partial charge in [-0.1, -0.05) is 30.0 Å². The smallest absolute Gasteiger partial charge is 0.273 e. The van der Waals surface area contributed by atoms with Crippen molar-refractivity contribution in [2.45, 2.75) is 15.9 Å². The van der Waals surface area contributed by atoms with Gasteiger partial charge in [0.25, 0.3) is 10.0 Å². The third kappa shape index (κ3) is 4.28. The predicted molar refractivity (Wildman–Crippen MR) is 126 cm³/mol. The fraction of sp³-hybridized carbons (Fsp3) is 0.350. The van der Waals surface area contributed by atoms with Crippen LogP contribution in [-0.4, -0.2) is 62.1 Å². The molecule has 3 N–H and O–H groups in total. The number of hydrogen-bond donors (Lipinski definition) is 3. The van der Waals surface area contributed by atoms with Gasteiger partial charge in [-0.25, -0.2) is 8.42 Å². The van der Waals surface area contributed by atoms with Crippen molar-refractivity contribution in [2.75, 3.05) is 37.6 Å². The lowest BCUT2D eigenvalue weighted by molar-refractivity contribution is 0.292. The van der Waals surface area contributed by atoms with Gasteiger partial charge in [-0.15, -0.1) is 11.3 Å². The number of aliphatic imine (C=N–C) groups is 1. The highest BCUT2D eigenvalue weighted by atomic mass is 32.2. The molecule has 1 aliphatic heterocycles. The Kier molecular flexibility index (Phi) is 6.49. The highest BCUT2D eigenvalue weighted by Gasteiger charge is 2.26. The van der Waals surface area contributed by atoms with Crippen LogP contribution in [0.25, 0.3) is 10.9 Å². The zero-order valence-corrected chi connectivity index (χ0v) is 19.0. The molecule has 7 nitrogen and oxygen atoms in total. The molecule has 3 aromatic rings. The maximum Gasteiger partial charge on any atom is 0.273 e. The number of hydrogen-bond acceptors (Lipinski definition) is 7. The van der Waals surface area contributed by atoms with Gasteiger partial charge in [-0.05, 0) is 36.5 Å². The lowest BCUT2D eigenvalue weighted by Gasteiger charge is -2.19. The van der Waals surface area contributed by atoms with Crippen LogP contribution in [0.2, 0.25) is 0 Å². The molecule has 3 heterocycles. The van der Waals surface area contributed by atoms with Crippen LogP contribution in [-0.2, 0) is 10.0 Å². The molecule has 0 amide bonds. The number of aromatic amines is 1. The Labute approximate surface area is 184 Å². The molecule has 10 heteroatoms. The number of aromatic nitrogens is 1. The molecule has 0 bridgehead atoms. The Morgan fingerprint density at radius 3 is 2.93 bits per heavy atom. The SMILES string of the molecule is CN(c1cccc2cc(C3=NCC(CCNCCO)S3)[nH]c12)S(=O)(=O)c1cccs1. The van der Waals surface area contributed by atoms with Crippen molar-refractivity contribution in [3.8, 4) is 0 Å². The molecule has 0 radical (unpaired) electrons. The number of fused-ring (bicyclic) bond motifs is 1. The first-order valence-corrected chi connectivity index (χ1v) is 12.9. The number of nitrogens with one attached hydrogen (secondary N) is 2. The summed E-state index contributed by atoms with van der Waals surface area (Å²) in [6.07, 6.45) is 0.977. The Morgan fingerprint density at radius 1 is 1.30 bits per heavy atom. The van der Waals surface area contributed by atoms with Crippen LogP contribution in [0.1, 0.15) is 12.1 Å². The van der Waals surface area contributed by atoms with Crippen molar-refractivity contribution in [1.82, 2.24) is 10.3 Å². The molecule has 0 saturated heterocycles. The predicted octanol–water partition coefficient (Wildman–Crippen LogP) is 2.89. The molecule has 160 valence electrons. The van der Waals surface area contributed by atoms with Gasteiger partial charge >= 0.3 is 0 Å². The molecule has 0 saturated carbocycles. The second-order valence-corrected chi connectivity index (χ2v) is 11.4. The molecule has 1 aliphatic rings. The number of rotatable bonds is 9. The molecule has 2 aromatic heterocycles. The van der Waals surface area contributed by atoms with E-state index in [1.807, 2.05) is 24.3 Å². The average molecular weight is 465 g/mol. The Balaban J connectivity index is 1.55. The van der Waals surface area contributed by atoms with Crippen LogP contribution in [0.3, 0.4) is 0 Å². The highest BCUT2D eigenvalue weighted by Crippen LogP contribution is 2.34. The summed E-state index contributed by atoms with van der Waals surface area (Å²) in [7, 11) is -2.02. The average Bonchev–Trinajstić information content (AvgIpc) is 3.50. The molecule has 1 atom stereocenters. The lowest BCUT2D eigenvalue weighted by Crippen LogP contribution is -2.26. The Hall–Kier alpha value is -1.85. The number of thioether (sulfide) groups is 1. The lowest BCUT2D eigenvalue weighted by atomic mass is 10.2. The summed E-state index contributed by atoms with van der Waals surface area (Å²) in [5.41, 5.74) is 2.31. The quantitative estimate of drug-likeness (QED) is 0.423. The van der Waals surface area contributed by atoms with Crippen molar-refractivity contribution in [1.29, 1.82) is 0 Å². The monoisotopic (exact) mass is 464 g/mol. The third-order valence-corrected chi connectivity index (χ3v) is 9.40. The van der Waals surface area contributed by atoms with E-state index in [2.05, 4.69) is 15.3 Å². The number of H-pyrrole nitrogens is 1. The summed E-state index contributed by atoms with van der Waals surface area (Å²) in [6.45, 7) is 2.37. The summed E-state index contributed by atoms with van der Waals surface area (Å²) in [6, 6.07) is 11.0. The summed E-state index contributed by atoms with van der Waals surface area (Å²) < 4.78 is 27.6. The Bertz CT molecular complexity index is 1140. The Morgan fingerprint density at radius 2 is 2.17 bits per heavy atom. The van der Waals surface area contributed by atoms with E-state index in [0.29, 0.717) is 21.7 Å². The normalized spacial score (nSPS) is 16.9. The zero-order valence-electron chi connectivity index (χ0n) is 16.5. The third-order valence-electron chi connectivity index (χ3n) is 4.96. The first kappa shape index (κ1) is 21.4. The minimum absolute atomic E-state index is 0.146. The van der Waals surface area contributed by atoms with Gasteiger partial charge in [0.15, 0.2) is 0 Å². The highest BCUT2D eigenvalue weighted by molar-refractivity contribution is 8.15. The number of benzene rings is 1. The minimum atomic E-state index is -3.60. The van der Waals surface area contributed by atoms with E-state index in [9.17, 15) is 8.42 Å². The van der Waals surface area contributed by atoms with Gasteiger partial charge in [0.05, 0.1) is 30.0 Å². The number of para-hydroxylation sites is 1. The molecular formula is C20H24N4O3S3. The molecule has 0 fully saturated rings. The summed E-state index contributed by atoms with van der Waals surface area (Å²) in [4.78, 5) is 8.08. The molecule has 1 aromatic carbocycles. The number of anilines is 1. The molecule has 1 unspecified atom stereocenters. The number of thiophene rings is 1. The molecular weight excluding hydrogens is 440 g/mol. The van der Waals surface area contributed by atoms with Gasteiger partial charge in [0.1, 0.15) is 9.25 Å². The first-order chi connectivity index (χ1) is 14.5. The summed E-state index contributed by atoms with van der Waals surface area (Å²) in [5, 5.41) is 16.1. The minimum Gasteiger partial charge on any atom is -0.395 e. The molecule has 0 aliphatic carbocycles. The van der Waals surface area contributed by atoms with Crippen LogP contribution in [0.4, 0.5) is 5.69 Å². The summed E-state index contributed by atoms with van der Waals surface area (Å²) in [5.74, 6) is 0. The number of sulfonamides is 1. The van der Waals surface area contributed by atoms with E-state index >= 15 is 0 Å². The zero-order chi connectivity index (χ0) is 21.1. The van der Waals surface area contributed by atoms with Crippen LogP contribution in [0.15, 0.2) is 51.0 Å². The van der Waals surface area contributed by atoms with Gasteiger partial charge in [-0.2, -0.15) is 0 Å². The van der Waals surface area contributed by atoms with Crippen LogP contribution in [0, 0.1) is 0 Å². The second kappa shape index (κ2) is 9.11. The maximum absolute atomic E-state index is 13.0. The van der Waals surface area contributed by atoms with Crippen molar-refractivity contribution in [3.05, 3.63) is 47.5 Å². The molecule has 4 rings (SSSR count).